The van der Waals surface area contributed by atoms with Gasteiger partial charge in [0.2, 0.25) is 11.8 Å². The fourth-order valence-electron chi connectivity index (χ4n) is 2.33. The third-order valence-corrected chi connectivity index (χ3v) is 3.45. The van der Waals surface area contributed by atoms with Crippen molar-refractivity contribution in [2.24, 2.45) is 0 Å². The minimum atomic E-state index is -1.37. The number of nitrogens with one attached hydrogen (secondary N) is 3. The van der Waals surface area contributed by atoms with E-state index in [9.17, 15) is 24.9 Å². The second-order valence-corrected chi connectivity index (χ2v) is 5.57. The molecule has 0 spiro atoms. The Balaban J connectivity index is 2.24. The summed E-state index contributed by atoms with van der Waals surface area (Å²) in [7, 11) is 0. The average molecular weight is 339 g/mol. The molecule has 0 aromatic heterocycles. The number of hydrogen-bond acceptors (Lipinski definition) is 7. The van der Waals surface area contributed by atoms with Crippen molar-refractivity contribution in [2.45, 2.75) is 38.4 Å². The summed E-state index contributed by atoms with van der Waals surface area (Å²) in [6.45, 7) is 2.55. The lowest BCUT2D eigenvalue weighted by molar-refractivity contribution is -0.178. The molecule has 1 aliphatic heterocycles. The Labute approximate surface area is 138 Å². The number of ether oxygens (including phenoxy) is 1. The maximum Gasteiger partial charge on any atom is 0.221 e. The van der Waals surface area contributed by atoms with Crippen LogP contribution in [-0.2, 0) is 14.3 Å². The lowest BCUT2D eigenvalue weighted by Crippen LogP contribution is -2.55. The second kappa shape index (κ2) is 7.58. The van der Waals surface area contributed by atoms with Crippen LogP contribution in [0.1, 0.15) is 13.8 Å². The molecule has 9 heteroatoms. The Kier molecular flexibility index (Phi) is 5.73. The van der Waals surface area contributed by atoms with Gasteiger partial charge < -0.3 is 36.0 Å². The zero-order valence-electron chi connectivity index (χ0n) is 13.3. The molecule has 1 aromatic carbocycles. The number of carbonyl (C=O) groups is 2. The molecule has 1 aliphatic rings. The van der Waals surface area contributed by atoms with Gasteiger partial charge in [-0.2, -0.15) is 0 Å². The molecule has 1 fully saturated rings. The summed E-state index contributed by atoms with van der Waals surface area (Å²) in [4.78, 5) is 22.5. The highest BCUT2D eigenvalue weighted by Gasteiger charge is 2.37. The van der Waals surface area contributed by atoms with Crippen molar-refractivity contribution in [3.05, 3.63) is 18.2 Å². The van der Waals surface area contributed by atoms with Gasteiger partial charge in [0, 0.05) is 19.5 Å². The first-order chi connectivity index (χ1) is 11.3. The van der Waals surface area contributed by atoms with E-state index in [4.69, 9.17) is 4.74 Å². The van der Waals surface area contributed by atoms with Crippen LogP contribution in [0.15, 0.2) is 18.2 Å². The van der Waals surface area contributed by atoms with Crippen LogP contribution in [-0.4, -0.2) is 58.3 Å². The molecule has 1 heterocycles. The van der Waals surface area contributed by atoms with Crippen molar-refractivity contribution < 1.29 is 29.6 Å². The van der Waals surface area contributed by atoms with Crippen molar-refractivity contribution >= 4 is 28.9 Å². The van der Waals surface area contributed by atoms with Crippen molar-refractivity contribution in [3.63, 3.8) is 0 Å². The lowest BCUT2D eigenvalue weighted by atomic mass is 10.0. The predicted molar refractivity (Wildman–Crippen MR) is 86.4 cm³/mol. The average Bonchev–Trinajstić information content (AvgIpc) is 2.49. The monoisotopic (exact) mass is 339 g/mol. The topological polar surface area (TPSA) is 140 Å². The predicted octanol–water partition coefficient (Wildman–Crippen LogP) is -0.546. The van der Waals surface area contributed by atoms with Gasteiger partial charge in [-0.15, -0.1) is 0 Å². The number of amides is 2. The van der Waals surface area contributed by atoms with Crippen LogP contribution >= 0.6 is 0 Å². The molecular weight excluding hydrogens is 318 g/mol. The van der Waals surface area contributed by atoms with E-state index >= 15 is 0 Å². The van der Waals surface area contributed by atoms with Crippen LogP contribution in [0.2, 0.25) is 0 Å². The fraction of sp³-hybridized carbons (Fsp3) is 0.467. The normalized spacial score (nSPS) is 26.5. The summed E-state index contributed by atoms with van der Waals surface area (Å²) >= 11 is 0. The number of aliphatic hydroxyl groups is 3. The highest BCUT2D eigenvalue weighted by molar-refractivity contribution is 5.95. The van der Waals surface area contributed by atoms with Gasteiger partial charge in [0.25, 0.3) is 0 Å². The zero-order valence-corrected chi connectivity index (χ0v) is 13.3. The number of aliphatic hydroxyl groups excluding tert-OH is 3. The van der Waals surface area contributed by atoms with Gasteiger partial charge in [-0.25, -0.2) is 0 Å². The van der Waals surface area contributed by atoms with Crippen molar-refractivity contribution in [1.82, 2.24) is 0 Å². The van der Waals surface area contributed by atoms with E-state index < -0.39 is 24.5 Å². The van der Waals surface area contributed by atoms with Crippen LogP contribution in [0.5, 0.6) is 0 Å². The standard InChI is InChI=1S/C15H21N3O6/c1-7(19)16-9-3-4-10(17-8(2)20)11(5-9)18-15-14(23)13(22)12(21)6-24-15/h3-5,12-15,18,21-23H,6H2,1-2H3,(H,16,19)(H,17,20)/t12-,13-,14-,15+/m0/s1. The molecule has 0 aliphatic carbocycles. The Morgan fingerprint density at radius 1 is 1.04 bits per heavy atom. The number of anilines is 3. The molecule has 4 atom stereocenters. The maximum absolute atomic E-state index is 11.3. The van der Waals surface area contributed by atoms with E-state index in [2.05, 4.69) is 16.0 Å². The van der Waals surface area contributed by atoms with Crippen molar-refractivity contribution in [3.8, 4) is 0 Å². The van der Waals surface area contributed by atoms with Crippen LogP contribution < -0.4 is 16.0 Å². The molecule has 9 nitrogen and oxygen atoms in total. The summed E-state index contributed by atoms with van der Waals surface area (Å²) in [5.74, 6) is -0.563. The SMILES string of the molecule is CC(=O)Nc1ccc(NC(C)=O)c(N[C@@H]2OC[C@H](O)[C@H](O)[C@@H]2O)c1. The quantitative estimate of drug-likeness (QED) is 0.433. The van der Waals surface area contributed by atoms with Gasteiger partial charge in [0.05, 0.1) is 18.0 Å². The summed E-state index contributed by atoms with van der Waals surface area (Å²) in [5.41, 5.74) is 1.27. The van der Waals surface area contributed by atoms with Crippen LogP contribution in [0.3, 0.4) is 0 Å². The Morgan fingerprint density at radius 3 is 2.33 bits per heavy atom. The molecule has 6 N–H and O–H groups in total. The molecule has 0 unspecified atom stereocenters. The molecule has 0 bridgehead atoms. The smallest absolute Gasteiger partial charge is 0.221 e. The van der Waals surface area contributed by atoms with E-state index in [-0.39, 0.29) is 18.4 Å². The Morgan fingerprint density at radius 2 is 1.71 bits per heavy atom. The highest BCUT2D eigenvalue weighted by Crippen LogP contribution is 2.28. The third-order valence-electron chi connectivity index (χ3n) is 3.45. The highest BCUT2D eigenvalue weighted by atomic mass is 16.5. The van der Waals surface area contributed by atoms with Gasteiger partial charge >= 0.3 is 0 Å². The second-order valence-electron chi connectivity index (χ2n) is 5.57. The molecule has 0 radical (unpaired) electrons. The first kappa shape index (κ1) is 18.1. The molecule has 0 saturated carbocycles. The van der Waals surface area contributed by atoms with Crippen LogP contribution in [0, 0.1) is 0 Å². The first-order valence-corrected chi connectivity index (χ1v) is 7.39. The molecule has 1 aromatic rings. The molecule has 2 rings (SSSR count). The summed E-state index contributed by atoms with van der Waals surface area (Å²) in [6, 6.07) is 4.74. The fourth-order valence-corrected chi connectivity index (χ4v) is 2.33. The Hall–Kier alpha value is -2.20. The van der Waals surface area contributed by atoms with Gasteiger partial charge in [0.1, 0.15) is 18.3 Å². The van der Waals surface area contributed by atoms with E-state index in [1.165, 1.54) is 13.8 Å². The van der Waals surface area contributed by atoms with E-state index in [0.717, 1.165) is 0 Å². The maximum atomic E-state index is 11.3. The lowest BCUT2D eigenvalue weighted by Gasteiger charge is -2.36. The van der Waals surface area contributed by atoms with Gasteiger partial charge in [-0.3, -0.25) is 9.59 Å². The first-order valence-electron chi connectivity index (χ1n) is 7.39. The van der Waals surface area contributed by atoms with Crippen molar-refractivity contribution in [1.29, 1.82) is 0 Å². The number of rotatable bonds is 4. The third kappa shape index (κ3) is 4.42. The minimum Gasteiger partial charge on any atom is -0.388 e. The summed E-state index contributed by atoms with van der Waals surface area (Å²) in [6.07, 6.45) is -4.91. The molecule has 1 saturated heterocycles. The molecule has 24 heavy (non-hydrogen) atoms. The van der Waals surface area contributed by atoms with Gasteiger partial charge in [0.15, 0.2) is 6.23 Å². The zero-order chi connectivity index (χ0) is 17.9. The summed E-state index contributed by atoms with van der Waals surface area (Å²) < 4.78 is 5.29. The number of benzene rings is 1. The molecular formula is C15H21N3O6. The van der Waals surface area contributed by atoms with E-state index in [1.807, 2.05) is 0 Å². The summed E-state index contributed by atoms with van der Waals surface area (Å²) in [5, 5.41) is 37.3. The van der Waals surface area contributed by atoms with E-state index in [1.54, 1.807) is 18.2 Å². The molecule has 132 valence electrons. The number of carbonyl (C=O) groups excluding carboxylic acids is 2. The van der Waals surface area contributed by atoms with Gasteiger partial charge in [-0.05, 0) is 18.2 Å². The molecule has 2 amide bonds. The Bertz CT molecular complexity index is 623. The number of hydrogen-bond donors (Lipinski definition) is 6. The largest absolute Gasteiger partial charge is 0.388 e. The van der Waals surface area contributed by atoms with Gasteiger partial charge in [-0.1, -0.05) is 0 Å². The van der Waals surface area contributed by atoms with E-state index in [0.29, 0.717) is 17.1 Å². The van der Waals surface area contributed by atoms with Crippen molar-refractivity contribution in [2.75, 3.05) is 22.6 Å². The van der Waals surface area contributed by atoms with Crippen LogP contribution in [0.4, 0.5) is 17.1 Å². The van der Waals surface area contributed by atoms with Crippen LogP contribution in [0.25, 0.3) is 0 Å². The minimum absolute atomic E-state index is 0.156.